The molecule has 4 heteroatoms. The predicted octanol–water partition coefficient (Wildman–Crippen LogP) is 5.07. The molecule has 0 saturated carbocycles. The maximum atomic E-state index is 11.8. The van der Waals surface area contributed by atoms with Crippen LogP contribution in [0.5, 0.6) is 0 Å². The van der Waals surface area contributed by atoms with E-state index in [1.165, 1.54) is 11.1 Å². The molecule has 0 aromatic carbocycles. The molecular formula is C19H26O3S. The zero-order valence-corrected chi connectivity index (χ0v) is 15.2. The maximum Gasteiger partial charge on any atom is 0.295 e. The van der Waals surface area contributed by atoms with Gasteiger partial charge in [0.15, 0.2) is 0 Å². The standard InChI is InChI=1S/C19H26O3S/c1-5-7-8-16-11-15(13(3)4)9-10-17-18(23(20,21)22)12-14(6-2)19(16)17/h9-13H,5-8H2,1-4H3,(H,20,21,22). The average Bonchev–Trinajstić information content (AvgIpc) is 2.75. The molecule has 3 nitrogen and oxygen atoms in total. The van der Waals surface area contributed by atoms with Crippen LogP contribution in [0.25, 0.3) is 11.1 Å². The van der Waals surface area contributed by atoms with E-state index in [0.717, 1.165) is 36.8 Å². The van der Waals surface area contributed by atoms with E-state index in [4.69, 9.17) is 0 Å². The smallest absolute Gasteiger partial charge is 0.282 e. The topological polar surface area (TPSA) is 54.4 Å². The van der Waals surface area contributed by atoms with Crippen molar-refractivity contribution in [3.63, 3.8) is 0 Å². The van der Waals surface area contributed by atoms with E-state index in [2.05, 4.69) is 26.8 Å². The summed E-state index contributed by atoms with van der Waals surface area (Å²) < 4.78 is 33.2. The molecule has 0 spiro atoms. The minimum Gasteiger partial charge on any atom is -0.282 e. The zero-order chi connectivity index (χ0) is 17.2. The fraction of sp³-hybridized carbons (Fsp3) is 0.474. The second kappa shape index (κ2) is 7.02. The molecule has 0 amide bonds. The lowest BCUT2D eigenvalue weighted by Crippen LogP contribution is -1.97. The van der Waals surface area contributed by atoms with Crippen molar-refractivity contribution in [2.24, 2.45) is 0 Å². The predicted molar refractivity (Wildman–Crippen MR) is 95.0 cm³/mol. The summed E-state index contributed by atoms with van der Waals surface area (Å²) in [4.78, 5) is 0.0352. The summed E-state index contributed by atoms with van der Waals surface area (Å²) >= 11 is 0. The summed E-state index contributed by atoms with van der Waals surface area (Å²) in [6.07, 6.45) is 3.81. The summed E-state index contributed by atoms with van der Waals surface area (Å²) in [6, 6.07) is 7.67. The van der Waals surface area contributed by atoms with Crippen molar-refractivity contribution in [3.05, 3.63) is 41.0 Å². The second-order valence-corrected chi connectivity index (χ2v) is 7.80. The van der Waals surface area contributed by atoms with Crippen LogP contribution < -0.4 is 0 Å². The molecule has 2 aliphatic rings. The monoisotopic (exact) mass is 334 g/mol. The molecule has 0 heterocycles. The molecule has 0 atom stereocenters. The van der Waals surface area contributed by atoms with Gasteiger partial charge in [0.05, 0.1) is 0 Å². The van der Waals surface area contributed by atoms with Crippen molar-refractivity contribution in [3.8, 4) is 11.1 Å². The van der Waals surface area contributed by atoms with Gasteiger partial charge in [-0.15, -0.1) is 0 Å². The Hall–Kier alpha value is -1.39. The Morgan fingerprint density at radius 3 is 2.30 bits per heavy atom. The van der Waals surface area contributed by atoms with Crippen LogP contribution in [0.4, 0.5) is 0 Å². The Bertz CT molecular complexity index is 761. The van der Waals surface area contributed by atoms with E-state index in [1.54, 1.807) is 6.07 Å². The number of aryl methyl sites for hydroxylation is 2. The van der Waals surface area contributed by atoms with Crippen LogP contribution in [0.1, 0.15) is 63.1 Å². The van der Waals surface area contributed by atoms with Gasteiger partial charge in [0.25, 0.3) is 10.1 Å². The van der Waals surface area contributed by atoms with Crippen LogP contribution in [-0.4, -0.2) is 13.0 Å². The Morgan fingerprint density at radius 1 is 1.09 bits per heavy atom. The van der Waals surface area contributed by atoms with Gasteiger partial charge in [-0.25, -0.2) is 0 Å². The Labute approximate surface area is 139 Å². The third-order valence-electron chi connectivity index (χ3n) is 4.39. The lowest BCUT2D eigenvalue weighted by molar-refractivity contribution is 0.484. The minimum atomic E-state index is -4.22. The molecule has 0 saturated heterocycles. The third-order valence-corrected chi connectivity index (χ3v) is 5.28. The number of fused-ring (bicyclic) bond motifs is 1. The molecule has 0 aliphatic heterocycles. The van der Waals surface area contributed by atoms with Gasteiger partial charge in [0.1, 0.15) is 4.90 Å². The van der Waals surface area contributed by atoms with E-state index < -0.39 is 10.1 Å². The highest BCUT2D eigenvalue weighted by atomic mass is 32.2. The van der Waals surface area contributed by atoms with Gasteiger partial charge >= 0.3 is 0 Å². The number of hydrogen-bond donors (Lipinski definition) is 1. The summed E-state index contributed by atoms with van der Waals surface area (Å²) in [7, 11) is -4.22. The Morgan fingerprint density at radius 2 is 1.78 bits per heavy atom. The quantitative estimate of drug-likeness (QED) is 0.751. The molecule has 0 aromatic heterocycles. The SMILES string of the molecule is CCCCc1cc(C(C)C)ccc2c(S(=O)(=O)O)cc(CC)c1-2. The summed E-state index contributed by atoms with van der Waals surface area (Å²) in [5.74, 6) is 0.367. The molecule has 2 rings (SSSR count). The molecule has 23 heavy (non-hydrogen) atoms. The Balaban J connectivity index is 2.81. The van der Waals surface area contributed by atoms with Gasteiger partial charge in [-0.2, -0.15) is 8.42 Å². The summed E-state index contributed by atoms with van der Waals surface area (Å²) in [6.45, 7) is 8.43. The molecule has 1 N–H and O–H groups in total. The largest absolute Gasteiger partial charge is 0.295 e. The van der Waals surface area contributed by atoms with E-state index >= 15 is 0 Å². The van der Waals surface area contributed by atoms with Gasteiger partial charge in [-0.3, -0.25) is 4.55 Å². The fourth-order valence-electron chi connectivity index (χ4n) is 3.07. The summed E-state index contributed by atoms with van der Waals surface area (Å²) in [5, 5.41) is 0. The zero-order valence-electron chi connectivity index (χ0n) is 14.4. The van der Waals surface area contributed by atoms with E-state index in [0.29, 0.717) is 11.5 Å². The second-order valence-electron chi connectivity index (χ2n) is 6.41. The first-order chi connectivity index (χ1) is 10.8. The first kappa shape index (κ1) is 18.0. The highest BCUT2D eigenvalue weighted by Gasteiger charge is 2.24. The van der Waals surface area contributed by atoms with Crippen LogP contribution in [0.2, 0.25) is 0 Å². The molecule has 0 radical (unpaired) electrons. The highest BCUT2D eigenvalue weighted by Crippen LogP contribution is 2.39. The van der Waals surface area contributed by atoms with Gasteiger partial charge in [-0.05, 0) is 53.5 Å². The number of rotatable bonds is 6. The average molecular weight is 334 g/mol. The van der Waals surface area contributed by atoms with Gasteiger partial charge in [-0.1, -0.05) is 52.3 Å². The van der Waals surface area contributed by atoms with Crippen molar-refractivity contribution in [1.82, 2.24) is 0 Å². The highest BCUT2D eigenvalue weighted by molar-refractivity contribution is 7.86. The first-order valence-electron chi connectivity index (χ1n) is 8.35. The summed E-state index contributed by atoms with van der Waals surface area (Å²) in [5.41, 5.74) is 5.01. The number of unbranched alkanes of at least 4 members (excludes halogenated alkanes) is 1. The fourth-order valence-corrected chi connectivity index (χ4v) is 3.81. The molecule has 0 unspecified atom stereocenters. The van der Waals surface area contributed by atoms with Crippen LogP contribution in [0.3, 0.4) is 0 Å². The number of hydrogen-bond acceptors (Lipinski definition) is 2. The van der Waals surface area contributed by atoms with Gasteiger partial charge in [0, 0.05) is 5.56 Å². The van der Waals surface area contributed by atoms with E-state index in [1.807, 2.05) is 19.1 Å². The van der Waals surface area contributed by atoms with Gasteiger partial charge < -0.3 is 0 Å². The third kappa shape index (κ3) is 3.75. The van der Waals surface area contributed by atoms with Crippen molar-refractivity contribution < 1.29 is 13.0 Å². The lowest BCUT2D eigenvalue weighted by Gasteiger charge is -2.08. The van der Waals surface area contributed by atoms with Crippen molar-refractivity contribution in [2.75, 3.05) is 0 Å². The molecule has 0 bridgehead atoms. The van der Waals surface area contributed by atoms with Crippen molar-refractivity contribution >= 4 is 10.1 Å². The Kier molecular flexibility index (Phi) is 5.48. The normalized spacial score (nSPS) is 12.3. The van der Waals surface area contributed by atoms with Crippen LogP contribution in [0.15, 0.2) is 29.2 Å². The maximum absolute atomic E-state index is 11.8. The molecule has 0 fully saturated rings. The molecule has 2 aliphatic carbocycles. The van der Waals surface area contributed by atoms with Crippen LogP contribution in [0, 0.1) is 0 Å². The van der Waals surface area contributed by atoms with E-state index in [9.17, 15) is 13.0 Å². The minimum absolute atomic E-state index is 0.0352. The van der Waals surface area contributed by atoms with E-state index in [-0.39, 0.29) is 4.90 Å². The first-order valence-corrected chi connectivity index (χ1v) is 9.79. The molecule has 126 valence electrons. The van der Waals surface area contributed by atoms with Crippen molar-refractivity contribution in [1.29, 1.82) is 0 Å². The molecule has 0 aromatic rings. The molecular weight excluding hydrogens is 308 g/mol. The van der Waals surface area contributed by atoms with Gasteiger partial charge in [0.2, 0.25) is 0 Å². The van der Waals surface area contributed by atoms with Crippen LogP contribution in [-0.2, 0) is 23.0 Å². The lowest BCUT2D eigenvalue weighted by atomic mass is 9.96. The van der Waals surface area contributed by atoms with Crippen molar-refractivity contribution in [2.45, 2.75) is 64.2 Å². The van der Waals surface area contributed by atoms with Crippen LogP contribution >= 0.6 is 0 Å².